The van der Waals surface area contributed by atoms with E-state index in [2.05, 4.69) is 4.90 Å². The summed E-state index contributed by atoms with van der Waals surface area (Å²) in [6.45, 7) is 3.96. The Balaban J connectivity index is 1.35. The Morgan fingerprint density at radius 3 is 2.60 bits per heavy atom. The first kappa shape index (κ1) is 12.8. The highest BCUT2D eigenvalue weighted by molar-refractivity contribution is 7.12. The average Bonchev–Trinajstić information content (AvgIpc) is 3.23. The van der Waals surface area contributed by atoms with Gasteiger partial charge in [-0.05, 0) is 42.5 Å². The molecule has 3 nitrogen and oxygen atoms in total. The first-order valence-corrected chi connectivity index (χ1v) is 8.76. The van der Waals surface area contributed by atoms with Crippen LogP contribution in [0.3, 0.4) is 0 Å². The third-order valence-corrected chi connectivity index (χ3v) is 6.36. The number of thiophene rings is 1. The molecule has 3 aliphatic rings. The summed E-state index contributed by atoms with van der Waals surface area (Å²) in [5, 5.41) is 1.98. The molecular formula is C16H22N2OS. The van der Waals surface area contributed by atoms with Crippen molar-refractivity contribution in [2.45, 2.75) is 31.7 Å². The third kappa shape index (κ3) is 2.19. The molecule has 0 radical (unpaired) electrons. The lowest BCUT2D eigenvalue weighted by atomic mass is 9.93. The highest BCUT2D eigenvalue weighted by Gasteiger charge is 2.42. The van der Waals surface area contributed by atoms with Gasteiger partial charge < -0.3 is 4.90 Å². The van der Waals surface area contributed by atoms with Crippen molar-refractivity contribution in [2.75, 3.05) is 26.2 Å². The summed E-state index contributed by atoms with van der Waals surface area (Å²) >= 11 is 1.56. The molecule has 2 heterocycles. The van der Waals surface area contributed by atoms with Gasteiger partial charge in [0.2, 0.25) is 0 Å². The molecule has 20 heavy (non-hydrogen) atoms. The molecule has 2 aliphatic carbocycles. The zero-order valence-corrected chi connectivity index (χ0v) is 12.6. The molecule has 1 saturated heterocycles. The summed E-state index contributed by atoms with van der Waals surface area (Å²) in [6, 6.07) is 4.73. The van der Waals surface area contributed by atoms with Gasteiger partial charge in [0.25, 0.3) is 5.91 Å². The number of amides is 1. The van der Waals surface area contributed by atoms with E-state index in [0.29, 0.717) is 0 Å². The van der Waals surface area contributed by atoms with Gasteiger partial charge >= 0.3 is 0 Å². The van der Waals surface area contributed by atoms with Crippen molar-refractivity contribution in [1.82, 2.24) is 9.80 Å². The molecule has 0 N–H and O–H groups in total. The molecule has 4 heteroatoms. The average molecular weight is 290 g/mol. The number of hydrogen-bond donors (Lipinski definition) is 0. The minimum absolute atomic E-state index is 0.229. The van der Waals surface area contributed by atoms with Gasteiger partial charge in [-0.15, -0.1) is 11.3 Å². The summed E-state index contributed by atoms with van der Waals surface area (Å²) in [6.07, 6.45) is 5.81. The normalized spacial score (nSPS) is 33.8. The van der Waals surface area contributed by atoms with Crippen molar-refractivity contribution < 1.29 is 4.79 Å². The lowest BCUT2D eigenvalue weighted by molar-refractivity contribution is 0.0499. The van der Waals surface area contributed by atoms with E-state index in [4.69, 9.17) is 0 Å². The fraction of sp³-hybridized carbons (Fsp3) is 0.688. The van der Waals surface area contributed by atoms with Crippen LogP contribution in [0.2, 0.25) is 0 Å². The molecule has 1 aliphatic heterocycles. The van der Waals surface area contributed by atoms with Gasteiger partial charge in [-0.2, -0.15) is 0 Å². The quantitative estimate of drug-likeness (QED) is 0.836. The first-order valence-electron chi connectivity index (χ1n) is 7.88. The summed E-state index contributed by atoms with van der Waals surface area (Å²) < 4.78 is 0. The second-order valence-electron chi connectivity index (χ2n) is 6.55. The Labute approximate surface area is 124 Å². The number of nitrogens with zero attached hydrogens (tertiary/aromatic N) is 2. The third-order valence-electron chi connectivity index (χ3n) is 5.50. The molecule has 1 aromatic rings. The van der Waals surface area contributed by atoms with E-state index in [1.54, 1.807) is 11.3 Å². The van der Waals surface area contributed by atoms with Crippen molar-refractivity contribution in [3.63, 3.8) is 0 Å². The number of carbonyl (C=O) groups is 1. The molecule has 1 aromatic heterocycles. The van der Waals surface area contributed by atoms with Gasteiger partial charge in [0.15, 0.2) is 0 Å². The minimum Gasteiger partial charge on any atom is -0.335 e. The topological polar surface area (TPSA) is 23.6 Å². The van der Waals surface area contributed by atoms with Crippen LogP contribution in [0.5, 0.6) is 0 Å². The predicted octanol–water partition coefficient (Wildman–Crippen LogP) is 2.69. The van der Waals surface area contributed by atoms with Gasteiger partial charge in [0.05, 0.1) is 4.88 Å². The smallest absolute Gasteiger partial charge is 0.264 e. The summed E-state index contributed by atoms with van der Waals surface area (Å²) in [5.41, 5.74) is 0. The fourth-order valence-electron chi connectivity index (χ4n) is 4.47. The van der Waals surface area contributed by atoms with Gasteiger partial charge in [-0.3, -0.25) is 9.69 Å². The van der Waals surface area contributed by atoms with Crippen molar-refractivity contribution in [2.24, 2.45) is 11.8 Å². The number of piperazine rings is 1. The zero-order chi connectivity index (χ0) is 13.5. The Hall–Kier alpha value is -0.870. The monoisotopic (exact) mass is 290 g/mol. The maximum Gasteiger partial charge on any atom is 0.264 e. The lowest BCUT2D eigenvalue weighted by Crippen LogP contribution is -2.53. The van der Waals surface area contributed by atoms with Crippen LogP contribution in [0.15, 0.2) is 17.5 Å². The van der Waals surface area contributed by atoms with E-state index in [-0.39, 0.29) is 5.91 Å². The van der Waals surface area contributed by atoms with Crippen LogP contribution in [-0.2, 0) is 0 Å². The highest BCUT2D eigenvalue weighted by atomic mass is 32.1. The molecule has 0 unspecified atom stereocenters. The lowest BCUT2D eigenvalue weighted by Gasteiger charge is -2.40. The largest absolute Gasteiger partial charge is 0.335 e. The number of carbonyl (C=O) groups excluding carboxylic acids is 1. The molecule has 3 atom stereocenters. The number of rotatable bonds is 2. The Morgan fingerprint density at radius 2 is 2.00 bits per heavy atom. The maximum absolute atomic E-state index is 12.3. The van der Waals surface area contributed by atoms with Crippen LogP contribution < -0.4 is 0 Å². The second kappa shape index (κ2) is 5.15. The molecule has 2 bridgehead atoms. The molecule has 2 saturated carbocycles. The number of hydrogen-bond acceptors (Lipinski definition) is 3. The maximum atomic E-state index is 12.3. The van der Waals surface area contributed by atoms with Crippen LogP contribution in [0.1, 0.15) is 35.4 Å². The van der Waals surface area contributed by atoms with E-state index in [1.807, 2.05) is 22.4 Å². The van der Waals surface area contributed by atoms with Crippen molar-refractivity contribution in [1.29, 1.82) is 0 Å². The highest BCUT2D eigenvalue weighted by Crippen LogP contribution is 2.46. The van der Waals surface area contributed by atoms with E-state index >= 15 is 0 Å². The van der Waals surface area contributed by atoms with Crippen LogP contribution in [0.4, 0.5) is 0 Å². The van der Waals surface area contributed by atoms with E-state index in [9.17, 15) is 4.79 Å². The van der Waals surface area contributed by atoms with Gasteiger partial charge in [0, 0.05) is 32.2 Å². The fourth-order valence-corrected chi connectivity index (χ4v) is 5.16. The summed E-state index contributed by atoms with van der Waals surface area (Å²) in [7, 11) is 0. The predicted molar refractivity (Wildman–Crippen MR) is 81.0 cm³/mol. The molecule has 3 fully saturated rings. The minimum atomic E-state index is 0.229. The summed E-state index contributed by atoms with van der Waals surface area (Å²) in [4.78, 5) is 17.9. The zero-order valence-electron chi connectivity index (χ0n) is 11.8. The van der Waals surface area contributed by atoms with E-state index in [0.717, 1.165) is 48.9 Å². The van der Waals surface area contributed by atoms with Crippen molar-refractivity contribution >= 4 is 17.2 Å². The first-order chi connectivity index (χ1) is 9.81. The van der Waals surface area contributed by atoms with Gasteiger partial charge in [0.1, 0.15) is 0 Å². The van der Waals surface area contributed by atoms with Crippen LogP contribution in [0.25, 0.3) is 0 Å². The molecule has 0 aromatic carbocycles. The Morgan fingerprint density at radius 1 is 1.15 bits per heavy atom. The van der Waals surface area contributed by atoms with Crippen LogP contribution in [0, 0.1) is 11.8 Å². The van der Waals surface area contributed by atoms with Crippen molar-refractivity contribution in [3.05, 3.63) is 22.4 Å². The van der Waals surface area contributed by atoms with E-state index < -0.39 is 0 Å². The van der Waals surface area contributed by atoms with Crippen molar-refractivity contribution in [3.8, 4) is 0 Å². The molecule has 0 spiro atoms. The molecule has 1 amide bonds. The standard InChI is InChI=1S/C16H22N2OS/c19-16(15-2-1-9-20-15)18-7-5-17(6-8-18)14-11-12-3-4-13(14)10-12/h1-2,9,12-14H,3-8,10-11H2/t12-,13+,14+/m0/s1. The second-order valence-corrected chi connectivity index (χ2v) is 7.50. The Bertz CT molecular complexity index is 479. The van der Waals surface area contributed by atoms with Gasteiger partial charge in [-0.25, -0.2) is 0 Å². The SMILES string of the molecule is O=C(c1cccs1)N1CCN([C@@H]2C[C@H]3CC[C@@H]2C3)CC1. The molecule has 108 valence electrons. The van der Waals surface area contributed by atoms with Gasteiger partial charge in [-0.1, -0.05) is 12.5 Å². The van der Waals surface area contributed by atoms with Crippen LogP contribution in [-0.4, -0.2) is 47.9 Å². The molecular weight excluding hydrogens is 268 g/mol. The molecule has 4 rings (SSSR count). The van der Waals surface area contributed by atoms with E-state index in [1.165, 1.54) is 25.7 Å². The van der Waals surface area contributed by atoms with Crippen LogP contribution >= 0.6 is 11.3 Å². The number of fused-ring (bicyclic) bond motifs is 2. The summed E-state index contributed by atoms with van der Waals surface area (Å²) in [5.74, 6) is 2.20. The Kier molecular flexibility index (Phi) is 3.31.